The molecule has 0 aromatic carbocycles. The number of ether oxygens (including phenoxy) is 1. The normalized spacial score (nSPS) is 20.8. The summed E-state index contributed by atoms with van der Waals surface area (Å²) in [6.07, 6.45) is 10.7. The number of H-pyrrole nitrogens is 1. The molecule has 0 bridgehead atoms. The molecule has 2 aliphatic heterocycles. The summed E-state index contributed by atoms with van der Waals surface area (Å²) >= 11 is 1.57. The van der Waals surface area contributed by atoms with Crippen molar-refractivity contribution >= 4 is 37.1 Å². The van der Waals surface area contributed by atoms with Crippen molar-refractivity contribution in [2.75, 3.05) is 24.3 Å². The predicted molar refractivity (Wildman–Crippen MR) is 179 cm³/mol. The number of anilines is 1. The average Bonchev–Trinajstić information content (AvgIpc) is 3.86. The minimum atomic E-state index is -3.62. The molecule has 3 aliphatic rings. The summed E-state index contributed by atoms with van der Waals surface area (Å²) in [4.78, 5) is 20.3. The summed E-state index contributed by atoms with van der Waals surface area (Å²) in [6.45, 7) is 5.74. The van der Waals surface area contributed by atoms with E-state index in [4.69, 9.17) is 14.7 Å². The van der Waals surface area contributed by atoms with Crippen LogP contribution in [-0.4, -0.2) is 57.5 Å². The van der Waals surface area contributed by atoms with Gasteiger partial charge in [-0.3, -0.25) is 15.1 Å². The number of pyridine rings is 3. The smallest absolute Gasteiger partial charge is 0.181 e. The third kappa shape index (κ3) is 5.20. The van der Waals surface area contributed by atoms with Crippen LogP contribution in [0.25, 0.3) is 31.9 Å². The fourth-order valence-electron chi connectivity index (χ4n) is 7.40. The van der Waals surface area contributed by atoms with E-state index in [0.717, 1.165) is 89.5 Å². The van der Waals surface area contributed by atoms with E-state index in [1.807, 2.05) is 24.5 Å². The van der Waals surface area contributed by atoms with Gasteiger partial charge in [0.05, 0.1) is 38.3 Å². The molecule has 10 nitrogen and oxygen atoms in total. The van der Waals surface area contributed by atoms with Gasteiger partial charge in [-0.15, -0.1) is 11.3 Å². The Kier molecular flexibility index (Phi) is 7.61. The third-order valence-corrected chi connectivity index (χ3v) is 12.9. The SMILES string of the molecule is CC(C)C1CS(=O)(=O)c2c1nc(CCC1CCOCC1)c(-c1ncn[nH]1)c2-c1cc2ccnc(NC3CCc4ncccc43)c2s1. The summed E-state index contributed by atoms with van der Waals surface area (Å²) in [7, 11) is -3.62. The standard InChI is InChI=1S/C34H37N7O3S2/c1-19(2)23-17-46(42,43)32-29(28(33-37-18-38-41-33)26(39-30(23)32)6-5-20-10-14-44-15-11-20)27-16-21-9-13-36-34(31(21)45-27)40-25-8-7-24-22(25)4-3-12-35-24/h3-4,9,12-13,16,18-20,23,25H,5-8,10-11,14-15,17H2,1-2H3,(H,36,40)(H,37,38,41). The maximum absolute atomic E-state index is 14.1. The van der Waals surface area contributed by atoms with Gasteiger partial charge in [-0.25, -0.2) is 18.4 Å². The van der Waals surface area contributed by atoms with Gasteiger partial charge in [0.15, 0.2) is 15.7 Å². The van der Waals surface area contributed by atoms with Crippen LogP contribution in [0.15, 0.2) is 47.9 Å². The van der Waals surface area contributed by atoms with Crippen LogP contribution in [0.1, 0.15) is 74.1 Å². The average molecular weight is 656 g/mol. The van der Waals surface area contributed by atoms with Crippen molar-refractivity contribution < 1.29 is 13.2 Å². The Labute approximate surface area is 272 Å². The van der Waals surface area contributed by atoms with E-state index in [-0.39, 0.29) is 23.6 Å². The van der Waals surface area contributed by atoms with Gasteiger partial charge in [0, 0.05) is 47.7 Å². The Morgan fingerprint density at radius 1 is 1.09 bits per heavy atom. The summed E-state index contributed by atoms with van der Waals surface area (Å²) in [5.41, 5.74) is 5.33. The highest BCUT2D eigenvalue weighted by atomic mass is 32.2. The zero-order chi connectivity index (χ0) is 31.4. The molecule has 46 heavy (non-hydrogen) atoms. The number of nitrogens with zero attached hydrogens (tertiary/aromatic N) is 5. The van der Waals surface area contributed by atoms with E-state index in [9.17, 15) is 8.42 Å². The van der Waals surface area contributed by atoms with Gasteiger partial charge in [0.25, 0.3) is 0 Å². The first-order valence-corrected chi connectivity index (χ1v) is 18.7. The number of aromatic nitrogens is 6. The number of fused-ring (bicyclic) bond motifs is 3. The Bertz CT molecular complexity index is 2020. The molecule has 12 heteroatoms. The van der Waals surface area contributed by atoms with Crippen molar-refractivity contribution in [3.8, 4) is 21.8 Å². The topological polar surface area (TPSA) is 136 Å². The van der Waals surface area contributed by atoms with Gasteiger partial charge < -0.3 is 10.1 Å². The molecule has 8 rings (SSSR count). The van der Waals surface area contributed by atoms with Gasteiger partial charge in [-0.2, -0.15) is 5.10 Å². The summed E-state index contributed by atoms with van der Waals surface area (Å²) in [5.74, 6) is 1.90. The van der Waals surface area contributed by atoms with Crippen LogP contribution in [0, 0.1) is 11.8 Å². The number of aromatic amines is 1. The monoisotopic (exact) mass is 655 g/mol. The molecule has 238 valence electrons. The predicted octanol–water partition coefficient (Wildman–Crippen LogP) is 6.52. The fraction of sp³-hybridized carbons (Fsp3) is 0.441. The Morgan fingerprint density at radius 2 is 1.96 bits per heavy atom. The zero-order valence-corrected chi connectivity index (χ0v) is 27.6. The van der Waals surface area contributed by atoms with Crippen LogP contribution in [0.3, 0.4) is 0 Å². The van der Waals surface area contributed by atoms with Gasteiger partial charge in [-0.05, 0) is 79.5 Å². The van der Waals surface area contributed by atoms with E-state index in [2.05, 4.69) is 51.5 Å². The number of hydrogen-bond acceptors (Lipinski definition) is 10. The van der Waals surface area contributed by atoms with Crippen molar-refractivity contribution in [3.63, 3.8) is 0 Å². The minimum Gasteiger partial charge on any atom is -0.381 e. The maximum atomic E-state index is 14.1. The van der Waals surface area contributed by atoms with Crippen LogP contribution in [-0.2, 0) is 27.4 Å². The first kappa shape index (κ1) is 29.6. The Balaban J connectivity index is 1.30. The summed E-state index contributed by atoms with van der Waals surface area (Å²) < 4.78 is 34.8. The highest BCUT2D eigenvalue weighted by Crippen LogP contribution is 2.51. The molecule has 0 amide bonds. The molecule has 2 atom stereocenters. The van der Waals surface area contributed by atoms with Crippen LogP contribution in [0.2, 0.25) is 0 Å². The Morgan fingerprint density at radius 3 is 2.76 bits per heavy atom. The van der Waals surface area contributed by atoms with Gasteiger partial charge in [0.2, 0.25) is 0 Å². The first-order chi connectivity index (χ1) is 22.4. The second-order valence-corrected chi connectivity index (χ2v) is 16.1. The molecule has 5 aromatic rings. The molecular weight excluding hydrogens is 619 g/mol. The molecule has 1 fully saturated rings. The highest BCUT2D eigenvalue weighted by molar-refractivity contribution is 7.92. The van der Waals surface area contributed by atoms with Crippen molar-refractivity contribution in [2.45, 2.75) is 69.2 Å². The molecule has 5 aromatic heterocycles. The van der Waals surface area contributed by atoms with Gasteiger partial charge in [-0.1, -0.05) is 19.9 Å². The molecular formula is C34H37N7O3S2. The molecule has 0 saturated carbocycles. The second-order valence-electron chi connectivity index (χ2n) is 13.0. The second kappa shape index (κ2) is 11.8. The quantitative estimate of drug-likeness (QED) is 0.191. The number of sulfone groups is 1. The molecule has 0 spiro atoms. The van der Waals surface area contributed by atoms with E-state index in [1.54, 1.807) is 11.3 Å². The van der Waals surface area contributed by atoms with Gasteiger partial charge in [0.1, 0.15) is 12.1 Å². The molecule has 0 radical (unpaired) electrons. The van der Waals surface area contributed by atoms with Crippen molar-refractivity contribution in [3.05, 3.63) is 65.6 Å². The lowest BCUT2D eigenvalue weighted by Crippen LogP contribution is -2.17. The minimum absolute atomic E-state index is 0.0631. The van der Waals surface area contributed by atoms with E-state index in [0.29, 0.717) is 27.9 Å². The lowest BCUT2D eigenvalue weighted by atomic mass is 9.89. The lowest BCUT2D eigenvalue weighted by molar-refractivity contribution is 0.0639. The molecule has 1 saturated heterocycles. The lowest BCUT2D eigenvalue weighted by Gasteiger charge is -2.23. The van der Waals surface area contributed by atoms with Crippen molar-refractivity contribution in [2.24, 2.45) is 11.8 Å². The highest BCUT2D eigenvalue weighted by Gasteiger charge is 2.43. The summed E-state index contributed by atoms with van der Waals surface area (Å²) in [6, 6.07) is 8.33. The summed E-state index contributed by atoms with van der Waals surface area (Å²) in [5, 5.41) is 11.9. The number of nitrogens with one attached hydrogen (secondary N) is 2. The molecule has 2 N–H and O–H groups in total. The third-order valence-electron chi connectivity index (χ3n) is 9.86. The largest absolute Gasteiger partial charge is 0.381 e. The number of aryl methyl sites for hydroxylation is 2. The van der Waals surface area contributed by atoms with Crippen LogP contribution in [0.5, 0.6) is 0 Å². The molecule has 1 aliphatic carbocycles. The van der Waals surface area contributed by atoms with Crippen LogP contribution >= 0.6 is 11.3 Å². The maximum Gasteiger partial charge on any atom is 0.181 e. The number of thiophene rings is 1. The zero-order valence-electron chi connectivity index (χ0n) is 26.0. The Hall–Kier alpha value is -3.74. The van der Waals surface area contributed by atoms with Gasteiger partial charge >= 0.3 is 0 Å². The van der Waals surface area contributed by atoms with Crippen molar-refractivity contribution in [1.29, 1.82) is 0 Å². The van der Waals surface area contributed by atoms with Crippen LogP contribution in [0.4, 0.5) is 5.82 Å². The van der Waals surface area contributed by atoms with Crippen LogP contribution < -0.4 is 5.32 Å². The number of rotatable bonds is 8. The van der Waals surface area contributed by atoms with E-state index in [1.165, 1.54) is 11.9 Å². The molecule has 7 heterocycles. The fourth-order valence-corrected chi connectivity index (χ4v) is 10.9. The number of hydrogen-bond donors (Lipinski definition) is 2. The van der Waals surface area contributed by atoms with E-state index >= 15 is 0 Å². The first-order valence-electron chi connectivity index (χ1n) is 16.2. The molecule has 2 unspecified atom stereocenters. The van der Waals surface area contributed by atoms with E-state index < -0.39 is 9.84 Å². The van der Waals surface area contributed by atoms with Crippen molar-refractivity contribution in [1.82, 2.24) is 30.1 Å².